The van der Waals surface area contributed by atoms with E-state index in [2.05, 4.69) is 33.2 Å². The van der Waals surface area contributed by atoms with Gasteiger partial charge in [0.05, 0.1) is 11.4 Å². The number of para-hydroxylation sites is 2. The Morgan fingerprint density at radius 2 is 1.86 bits per heavy atom. The van der Waals surface area contributed by atoms with Crippen LogP contribution in [-0.4, -0.2) is 37.1 Å². The molecule has 0 aromatic heterocycles. The number of rotatable bonds is 8. The van der Waals surface area contributed by atoms with Gasteiger partial charge in [0.2, 0.25) is 12.7 Å². The maximum atomic E-state index is 12.9. The summed E-state index contributed by atoms with van der Waals surface area (Å²) in [5, 5.41) is 15.9. The molecule has 11 heteroatoms. The molecular weight excluding hydrogens is 593 g/mol. The average Bonchev–Trinajstić information content (AvgIpc) is 3.34. The number of nitrogens with two attached hydrogens (primary N) is 1. The molecular formula is C26H24IN3O7. The van der Waals surface area contributed by atoms with Gasteiger partial charge in [0.15, 0.2) is 17.6 Å². The monoisotopic (exact) mass is 617 g/mol. The second-order valence-electron chi connectivity index (χ2n) is 7.86. The minimum atomic E-state index is -1.10. The number of carbonyl (C=O) groups is 2. The van der Waals surface area contributed by atoms with E-state index < -0.39 is 24.2 Å². The lowest BCUT2D eigenvalue weighted by Crippen LogP contribution is -2.27. The predicted molar refractivity (Wildman–Crippen MR) is 146 cm³/mol. The van der Waals surface area contributed by atoms with Gasteiger partial charge in [0.25, 0.3) is 0 Å². The summed E-state index contributed by atoms with van der Waals surface area (Å²) in [6.45, 7) is 0.101. The molecule has 0 aliphatic carbocycles. The summed E-state index contributed by atoms with van der Waals surface area (Å²) in [5.74, 6) is 0.502. The fourth-order valence-corrected chi connectivity index (χ4v) is 4.08. The Bertz CT molecular complexity index is 1330. The third kappa shape index (κ3) is 6.62. The van der Waals surface area contributed by atoms with Crippen molar-refractivity contribution in [3.63, 3.8) is 0 Å². The first kappa shape index (κ1) is 26.1. The van der Waals surface area contributed by atoms with Crippen molar-refractivity contribution in [2.75, 3.05) is 30.3 Å². The van der Waals surface area contributed by atoms with Gasteiger partial charge in [0.1, 0.15) is 11.9 Å². The highest BCUT2D eigenvalue weighted by Crippen LogP contribution is 2.35. The van der Waals surface area contributed by atoms with Crippen LogP contribution in [0, 0.1) is 3.57 Å². The first-order chi connectivity index (χ1) is 17.8. The number of methoxy groups -OCH3 is 1. The van der Waals surface area contributed by atoms with Gasteiger partial charge in [-0.05, 0) is 71.1 Å². The second kappa shape index (κ2) is 11.8. The number of hydrogen-bond donors (Lipinski definition) is 4. The fourth-order valence-electron chi connectivity index (χ4n) is 3.57. The number of nitrogen functional groups attached to an aromatic ring is 1. The molecule has 1 aliphatic heterocycles. The normalized spacial score (nSPS) is 13.7. The molecule has 2 atom stereocenters. The number of carbonyl (C=O) groups excluding carboxylic acids is 2. The van der Waals surface area contributed by atoms with Crippen LogP contribution in [0.4, 0.5) is 21.9 Å². The van der Waals surface area contributed by atoms with Crippen LogP contribution in [0.25, 0.3) is 0 Å². The van der Waals surface area contributed by atoms with E-state index in [-0.39, 0.29) is 12.5 Å². The summed E-state index contributed by atoms with van der Waals surface area (Å²) in [6.07, 6.45) is -0.145. The molecule has 0 spiro atoms. The number of ether oxygens (including phenoxy) is 4. The average molecular weight is 617 g/mol. The van der Waals surface area contributed by atoms with Crippen molar-refractivity contribution in [2.45, 2.75) is 12.2 Å². The molecule has 1 aliphatic rings. The van der Waals surface area contributed by atoms with Crippen molar-refractivity contribution in [1.29, 1.82) is 0 Å². The molecule has 10 nitrogen and oxygen atoms in total. The standard InChI is InChI=1S/C26H24IN3O7/c1-34-22(10-11-24(32)30-19-5-3-2-4-18(19)28)25(17-12-15(27)6-8-20(17)31)37-26(33)29-16-7-9-21-23(13-16)36-14-35-21/h2-13,22,25,31H,14,28H2,1H3,(H,29,33)(H,30,32)/b11-10+/t22-,25-/m0/s1. The van der Waals surface area contributed by atoms with E-state index in [0.29, 0.717) is 34.1 Å². The number of hydrogen-bond acceptors (Lipinski definition) is 8. The predicted octanol–water partition coefficient (Wildman–Crippen LogP) is 4.81. The van der Waals surface area contributed by atoms with Crippen molar-refractivity contribution in [2.24, 2.45) is 0 Å². The minimum absolute atomic E-state index is 0.0988. The van der Waals surface area contributed by atoms with Gasteiger partial charge in [-0.2, -0.15) is 0 Å². The molecule has 0 radical (unpaired) electrons. The van der Waals surface area contributed by atoms with E-state index in [4.69, 9.17) is 24.7 Å². The zero-order valence-electron chi connectivity index (χ0n) is 19.6. The molecule has 0 unspecified atom stereocenters. The molecule has 0 saturated carbocycles. The van der Waals surface area contributed by atoms with E-state index >= 15 is 0 Å². The number of anilines is 3. The lowest BCUT2D eigenvalue weighted by atomic mass is 10.0. The van der Waals surface area contributed by atoms with Crippen LogP contribution in [0.5, 0.6) is 17.2 Å². The van der Waals surface area contributed by atoms with Crippen molar-refractivity contribution in [1.82, 2.24) is 0 Å². The molecule has 0 fully saturated rings. The smallest absolute Gasteiger partial charge is 0.412 e. The lowest BCUT2D eigenvalue weighted by molar-refractivity contribution is -0.112. The lowest BCUT2D eigenvalue weighted by Gasteiger charge is -2.25. The highest BCUT2D eigenvalue weighted by Gasteiger charge is 2.29. The zero-order valence-corrected chi connectivity index (χ0v) is 21.8. The topological polar surface area (TPSA) is 141 Å². The first-order valence-corrected chi connectivity index (χ1v) is 12.1. The van der Waals surface area contributed by atoms with Crippen molar-refractivity contribution >= 4 is 51.7 Å². The summed E-state index contributed by atoms with van der Waals surface area (Å²) < 4.78 is 22.7. The number of nitrogens with one attached hydrogen (secondary N) is 2. The van der Waals surface area contributed by atoms with Crippen LogP contribution < -0.4 is 25.8 Å². The van der Waals surface area contributed by atoms with Gasteiger partial charge in [-0.1, -0.05) is 12.1 Å². The van der Waals surface area contributed by atoms with Gasteiger partial charge >= 0.3 is 6.09 Å². The van der Waals surface area contributed by atoms with Gasteiger partial charge in [-0.15, -0.1) is 0 Å². The summed E-state index contributed by atoms with van der Waals surface area (Å²) in [5.41, 5.74) is 7.48. The number of amides is 2. The van der Waals surface area contributed by atoms with Crippen LogP contribution in [-0.2, 0) is 14.3 Å². The molecule has 3 aromatic rings. The number of phenolic OH excluding ortho intramolecular Hbond substituents is 1. The quantitative estimate of drug-likeness (QED) is 0.161. The number of halogens is 1. The number of fused-ring (bicyclic) bond motifs is 1. The number of aromatic hydroxyl groups is 1. The Balaban J connectivity index is 1.54. The highest BCUT2D eigenvalue weighted by atomic mass is 127. The van der Waals surface area contributed by atoms with Crippen LogP contribution in [0.1, 0.15) is 11.7 Å². The minimum Gasteiger partial charge on any atom is -0.508 e. The maximum Gasteiger partial charge on any atom is 0.412 e. The molecule has 1 heterocycles. The molecule has 37 heavy (non-hydrogen) atoms. The number of benzene rings is 3. The Morgan fingerprint density at radius 1 is 1.08 bits per heavy atom. The molecule has 192 valence electrons. The van der Waals surface area contributed by atoms with Crippen LogP contribution in [0.3, 0.4) is 0 Å². The second-order valence-corrected chi connectivity index (χ2v) is 9.10. The van der Waals surface area contributed by atoms with Gasteiger partial charge < -0.3 is 35.1 Å². The highest BCUT2D eigenvalue weighted by molar-refractivity contribution is 14.1. The van der Waals surface area contributed by atoms with Crippen LogP contribution >= 0.6 is 22.6 Å². The van der Waals surface area contributed by atoms with Crippen molar-refractivity contribution < 1.29 is 33.6 Å². The summed E-state index contributed by atoms with van der Waals surface area (Å²) in [4.78, 5) is 25.4. The summed E-state index contributed by atoms with van der Waals surface area (Å²) >= 11 is 2.08. The fraction of sp³-hybridized carbons (Fsp3) is 0.154. The van der Waals surface area contributed by atoms with Gasteiger partial charge in [-0.3, -0.25) is 10.1 Å². The van der Waals surface area contributed by atoms with Crippen molar-refractivity contribution in [3.05, 3.63) is 81.9 Å². The molecule has 4 rings (SSSR count). The largest absolute Gasteiger partial charge is 0.508 e. The van der Waals surface area contributed by atoms with Gasteiger partial charge in [0, 0.05) is 34.1 Å². The van der Waals surface area contributed by atoms with E-state index in [1.807, 2.05) is 0 Å². The molecule has 0 bridgehead atoms. The van der Waals surface area contributed by atoms with Gasteiger partial charge in [-0.25, -0.2) is 4.79 Å². The molecule has 0 saturated heterocycles. The maximum absolute atomic E-state index is 12.9. The van der Waals surface area contributed by atoms with E-state index in [1.165, 1.54) is 25.3 Å². The Hall–Kier alpha value is -3.97. The Labute approximate surface area is 226 Å². The van der Waals surface area contributed by atoms with E-state index in [9.17, 15) is 14.7 Å². The number of phenols is 1. The van der Waals surface area contributed by atoms with Crippen molar-refractivity contribution in [3.8, 4) is 17.2 Å². The molecule has 2 amide bonds. The molecule has 5 N–H and O–H groups in total. The van der Waals surface area contributed by atoms with E-state index in [0.717, 1.165) is 3.57 Å². The molecule has 3 aromatic carbocycles. The summed E-state index contributed by atoms with van der Waals surface area (Å²) in [6, 6.07) is 16.6. The third-order valence-electron chi connectivity index (χ3n) is 5.38. The summed E-state index contributed by atoms with van der Waals surface area (Å²) in [7, 11) is 1.40. The SMILES string of the molecule is CO[C@@H](/C=C/C(=O)Nc1ccccc1N)[C@@H](OC(=O)Nc1ccc2c(c1)OCO2)c1cc(I)ccc1O. The third-order valence-corrected chi connectivity index (χ3v) is 6.05. The van der Waals surface area contributed by atoms with Crippen LogP contribution in [0.15, 0.2) is 72.8 Å². The van der Waals surface area contributed by atoms with E-state index in [1.54, 1.807) is 54.6 Å². The Morgan fingerprint density at radius 3 is 2.65 bits per heavy atom. The zero-order chi connectivity index (χ0) is 26.4. The first-order valence-electron chi connectivity index (χ1n) is 11.1. The Kier molecular flexibility index (Phi) is 8.36. The van der Waals surface area contributed by atoms with Crippen LogP contribution in [0.2, 0.25) is 0 Å².